The SMILES string of the molecule is Brc1cnc(-c2ccccc2)nc1Br.Brc1cnc(-c2ccccc2)nc1Nc1cc(C2CC2)[nH]n1.C#CC(=O)OCC.Cl.N=C(N)c1ccccc1.NC(N)=C=C(N)C1CC1.O=P(Br)(Br)Br.O=c1[nH]c(-c2ccccc2)ncc1Br.O=c1ccnc(-c2ccccc2)[nH]1.[B]=NS. The van der Waals surface area contributed by atoms with Crippen LogP contribution in [0, 0.1) is 23.7 Å². The maximum atomic E-state index is 11.3. The van der Waals surface area contributed by atoms with Crippen LogP contribution in [0.25, 0.3) is 45.6 Å². The summed E-state index contributed by atoms with van der Waals surface area (Å²) in [5, 5.41) is 17.6. The molecule has 0 saturated heterocycles. The Balaban J connectivity index is 0.000000296. The van der Waals surface area contributed by atoms with Crippen molar-refractivity contribution in [1.82, 2.24) is 50.1 Å². The minimum absolute atomic E-state index is 0. The molecule has 0 atom stereocenters. The third kappa shape index (κ3) is 35.1. The Hall–Kier alpha value is -7.46. The summed E-state index contributed by atoms with van der Waals surface area (Å²) >= 11 is 24.7. The summed E-state index contributed by atoms with van der Waals surface area (Å²) in [5.41, 5.74) is 29.8. The topological polar surface area (TPSA) is 367 Å². The third-order valence-electron chi connectivity index (χ3n) is 11.7. The summed E-state index contributed by atoms with van der Waals surface area (Å²) in [6, 6.07) is 51.5. The van der Waals surface area contributed by atoms with Gasteiger partial charge in [0.1, 0.15) is 38.2 Å². The fraction of sp³-hybridized carbons (Fsp3) is 0.125. The van der Waals surface area contributed by atoms with E-state index in [4.69, 9.17) is 28.3 Å². The van der Waals surface area contributed by atoms with Gasteiger partial charge < -0.3 is 43.0 Å². The van der Waals surface area contributed by atoms with Gasteiger partial charge in [-0.3, -0.25) is 24.7 Å². The predicted molar refractivity (Wildman–Crippen MR) is 418 cm³/mol. The van der Waals surface area contributed by atoms with Crippen LogP contribution < -0.4 is 39.4 Å². The summed E-state index contributed by atoms with van der Waals surface area (Å²) in [6.45, 7) is 2.05. The monoisotopic (exact) mass is 1810 g/mol. The van der Waals surface area contributed by atoms with E-state index in [2.05, 4.69) is 213 Å². The zero-order valence-electron chi connectivity index (χ0n) is 51.1. The van der Waals surface area contributed by atoms with Crippen LogP contribution in [0.5, 0.6) is 0 Å². The average Bonchev–Trinajstić information content (AvgIpc) is 1.80. The predicted octanol–water partition coefficient (Wildman–Crippen LogP) is 16.2. The second-order valence-corrected chi connectivity index (χ2v) is 40.9. The number of thiol groups is 1. The van der Waals surface area contributed by atoms with E-state index in [-0.39, 0.29) is 35.2 Å². The van der Waals surface area contributed by atoms with Gasteiger partial charge in [0.05, 0.1) is 21.2 Å². The molecule has 1 radical (unpaired) electrons. The summed E-state index contributed by atoms with van der Waals surface area (Å²) in [4.78, 5) is 63.2. The number of hydrogen-bond donors (Lipinski definition) is 10. The van der Waals surface area contributed by atoms with Gasteiger partial charge in [-0.05, 0) is 96.3 Å². The molecule has 2 fully saturated rings. The molecule has 22 nitrogen and oxygen atoms in total. The number of aromatic nitrogens is 10. The average molecular weight is 1820 g/mol. The number of carbonyl (C=O) groups excluding carboxylic acids is 1. The summed E-state index contributed by atoms with van der Waals surface area (Å²) in [6.07, 6.45) is 15.9. The Labute approximate surface area is 630 Å². The van der Waals surface area contributed by atoms with Crippen molar-refractivity contribution in [3.05, 3.63) is 256 Å². The molecule has 0 aliphatic heterocycles. The molecule has 2 aliphatic carbocycles. The van der Waals surface area contributed by atoms with E-state index in [1.165, 1.54) is 37.0 Å². The molecule has 0 unspecified atom stereocenters. The van der Waals surface area contributed by atoms with Crippen LogP contribution in [0.3, 0.4) is 0 Å². The van der Waals surface area contributed by atoms with Gasteiger partial charge in [0, 0.05) is 135 Å². The number of esters is 1. The van der Waals surface area contributed by atoms with Crippen molar-refractivity contribution < 1.29 is 14.1 Å². The van der Waals surface area contributed by atoms with E-state index >= 15 is 0 Å². The second-order valence-electron chi connectivity index (χ2n) is 19.0. The van der Waals surface area contributed by atoms with E-state index in [0.717, 1.165) is 65.8 Å². The van der Waals surface area contributed by atoms with Crippen LogP contribution in [0.15, 0.2) is 238 Å². The number of terminal acetylenes is 1. The van der Waals surface area contributed by atoms with Crippen molar-refractivity contribution >= 4 is 170 Å². The molecule has 0 spiro atoms. The van der Waals surface area contributed by atoms with Gasteiger partial charge in [0.15, 0.2) is 17.5 Å². The molecule has 2 saturated carbocycles. The van der Waals surface area contributed by atoms with E-state index in [1.54, 1.807) is 25.2 Å². The fourth-order valence-electron chi connectivity index (χ4n) is 7.07. The van der Waals surface area contributed by atoms with Gasteiger partial charge in [-0.25, -0.2) is 34.7 Å². The number of aromatic amines is 3. The van der Waals surface area contributed by atoms with Gasteiger partial charge in [-0.1, -0.05) is 157 Å². The van der Waals surface area contributed by atoms with Gasteiger partial charge in [0.2, 0.25) is 0 Å². The van der Waals surface area contributed by atoms with Gasteiger partial charge in [-0.15, -0.1) is 18.8 Å². The molecule has 33 heteroatoms. The van der Waals surface area contributed by atoms with E-state index < -0.39 is 9.22 Å². The number of rotatable bonds is 10. The molecule has 2 aliphatic rings. The Morgan fingerprint density at radius 2 is 1.15 bits per heavy atom. The zero-order chi connectivity index (χ0) is 70.4. The number of nitrogens with zero attached hydrogens (tertiary/aromatic N) is 8. The molecule has 12 rings (SSSR count). The number of nitrogens with one attached hydrogen (secondary N) is 5. The van der Waals surface area contributed by atoms with Crippen LogP contribution in [0.2, 0.25) is 0 Å². The van der Waals surface area contributed by atoms with Gasteiger partial charge in [0.25, 0.3) is 14.4 Å². The third-order valence-corrected chi connectivity index (χ3v) is 14.5. The molecule has 97 heavy (non-hydrogen) atoms. The van der Waals surface area contributed by atoms with E-state index in [9.17, 15) is 18.9 Å². The summed E-state index contributed by atoms with van der Waals surface area (Å²) < 4.78 is 17.7. The number of nitrogen functional groups attached to an aromatic ring is 1. The number of benzene rings is 5. The van der Waals surface area contributed by atoms with Gasteiger partial charge in [-0.2, -0.15) is 5.10 Å². The van der Waals surface area contributed by atoms with Crippen LogP contribution in [0.4, 0.5) is 11.6 Å². The normalized spacial score (nSPS) is 11.0. The van der Waals surface area contributed by atoms with Crippen LogP contribution >= 0.6 is 139 Å². The number of allylic oxidation sites excluding steroid dienone is 1. The van der Waals surface area contributed by atoms with Crippen molar-refractivity contribution in [2.45, 2.75) is 38.5 Å². The Morgan fingerprint density at radius 1 is 0.701 bits per heavy atom. The molecule has 5 aromatic carbocycles. The van der Waals surface area contributed by atoms with Crippen molar-refractivity contribution in [2.24, 2.45) is 33.2 Å². The number of anilines is 2. The first kappa shape index (κ1) is 83.8. The molecular weight excluding hydrogens is 1760 g/mol. The van der Waals surface area contributed by atoms with E-state index in [0.29, 0.717) is 51.9 Å². The Kier molecular flexibility index (Phi) is 39.7. The number of nitrogens with two attached hydrogens (primary N) is 4. The quantitative estimate of drug-likeness (QED) is 0.00581. The van der Waals surface area contributed by atoms with Crippen molar-refractivity contribution in [1.29, 1.82) is 5.41 Å². The number of ether oxygens (including phenoxy) is 1. The standard InChI is InChI=1S/C16H14BrN5.C10H6Br2N2.C10H7BrN2O.C10H8N2O.C7H8N2.C6H11N3.C5H6O2.BHNS.Br3OP.ClH/c17-12-9-18-15(11-4-2-1-3-5-11)20-16(12)19-14-8-13(21-22-14)10-6-7-10;11-8-6-13-10(14-9(8)12)7-4-2-1-3-5-7;11-8-6-12-9(13-10(8)14)7-4-2-1-3-5-7;13-9-6-7-11-10(12-9)8-4-2-1-3-5-8;8-7(9)6-4-2-1-3-5-6;7-5(3-6(8)9)4-1-2-4;1-3-5(6)7-4-2;1-2-3;1-5(2,3)4;/h1-5,8-10H,6-7H2,(H2,18,19,20,21,22);1-6H;1-6H,(H,12,13,14);1-7H,(H,11,12,13);1-5H,(H3,8,9);4H,1-2,7-9H2;1H,4H2,2H3;3H;;1H. The van der Waals surface area contributed by atoms with Crippen molar-refractivity contribution in [3.63, 3.8) is 0 Å². The molecule has 503 valence electrons. The first-order valence-electron chi connectivity index (χ1n) is 28.0. The van der Waals surface area contributed by atoms with Crippen LogP contribution in [-0.4, -0.2) is 76.1 Å². The number of hydrogen-bond acceptors (Lipinski definition) is 19. The minimum atomic E-state index is -2.20. The first-order chi connectivity index (χ1) is 45.9. The van der Waals surface area contributed by atoms with Crippen LogP contribution in [-0.2, 0) is 14.1 Å². The fourth-order valence-corrected chi connectivity index (χ4v) is 8.02. The summed E-state index contributed by atoms with van der Waals surface area (Å²) in [7, 11) is 4.34. The molecule has 13 N–H and O–H groups in total. The molecule has 5 heterocycles. The Bertz CT molecular complexity index is 4340. The number of halogens is 8. The van der Waals surface area contributed by atoms with Crippen molar-refractivity contribution in [3.8, 4) is 57.9 Å². The van der Waals surface area contributed by atoms with Gasteiger partial charge >= 0.3 is 30.7 Å². The van der Waals surface area contributed by atoms with Crippen LogP contribution in [0.1, 0.15) is 49.8 Å². The summed E-state index contributed by atoms with van der Waals surface area (Å²) in [5.74, 6) is 6.75. The number of carbonyl (C=O) groups is 1. The maximum absolute atomic E-state index is 11.3. The van der Waals surface area contributed by atoms with Crippen molar-refractivity contribution in [2.75, 3.05) is 11.9 Å². The Morgan fingerprint density at radius 3 is 1.56 bits per heavy atom. The first-order valence-corrected chi connectivity index (χ1v) is 39.3. The molecule has 10 aromatic rings. The molecule has 0 bridgehead atoms. The number of H-pyrrole nitrogens is 3. The zero-order valence-corrected chi connectivity index (χ0v) is 64.8. The molecule has 5 aromatic heterocycles. The molecular formula is C64H62BBr7ClN17O5PS. The number of amidine groups is 1. The second kappa shape index (κ2) is 45.9. The van der Waals surface area contributed by atoms with E-state index in [1.807, 2.05) is 152 Å². The molecule has 0 amide bonds.